The predicted molar refractivity (Wildman–Crippen MR) is 76.2 cm³/mol. The van der Waals surface area contributed by atoms with Crippen LogP contribution in [0.25, 0.3) is 0 Å². The summed E-state index contributed by atoms with van der Waals surface area (Å²) in [6.45, 7) is 12.1. The minimum Gasteiger partial charge on any atom is -0.447 e. The van der Waals surface area contributed by atoms with E-state index in [0.717, 1.165) is 26.0 Å². The van der Waals surface area contributed by atoms with Crippen LogP contribution in [0.1, 0.15) is 47.5 Å². The Labute approximate surface area is 116 Å². The second-order valence-corrected chi connectivity index (χ2v) is 6.20. The van der Waals surface area contributed by atoms with E-state index in [2.05, 4.69) is 26.8 Å². The monoisotopic (exact) mass is 269 g/mol. The first-order chi connectivity index (χ1) is 8.78. The molecule has 0 aromatic carbocycles. The third kappa shape index (κ3) is 6.62. The second-order valence-electron chi connectivity index (χ2n) is 6.20. The van der Waals surface area contributed by atoms with Crippen LogP contribution in [0, 0.1) is 0 Å². The Hall–Kier alpha value is -1.03. The van der Waals surface area contributed by atoms with Gasteiger partial charge in [0.05, 0.1) is 18.3 Å². The highest BCUT2D eigenvalue weighted by Gasteiger charge is 2.19. The number of amides is 1. The van der Waals surface area contributed by atoms with Gasteiger partial charge in [0.25, 0.3) is 0 Å². The van der Waals surface area contributed by atoms with E-state index in [9.17, 15) is 4.79 Å². The van der Waals surface area contributed by atoms with Gasteiger partial charge in [-0.05, 0) is 47.5 Å². The number of hydrogen-bond acceptors (Lipinski definition) is 3. The summed E-state index contributed by atoms with van der Waals surface area (Å²) in [4.78, 5) is 13.5. The third-order valence-corrected chi connectivity index (χ3v) is 2.86. The maximum Gasteiger partial charge on any atom is 0.410 e. The molecule has 0 bridgehead atoms. The fraction of sp³-hybridized carbons (Fsp3) is 0.800. The zero-order valence-electron chi connectivity index (χ0n) is 12.9. The molecule has 1 aliphatic heterocycles. The Morgan fingerprint density at radius 3 is 2.58 bits per heavy atom. The number of nitrogens with zero attached hydrogens (tertiary/aromatic N) is 1. The normalized spacial score (nSPS) is 16.5. The number of rotatable bonds is 4. The smallest absolute Gasteiger partial charge is 0.410 e. The average molecular weight is 269 g/mol. The SMILES string of the molecule is CC(C)OC(=O)N1CC=C(CCOC(C)(C)C)CC1. The molecule has 0 spiro atoms. The highest BCUT2D eigenvalue weighted by Crippen LogP contribution is 2.17. The van der Waals surface area contributed by atoms with E-state index in [4.69, 9.17) is 9.47 Å². The number of carbonyl (C=O) groups is 1. The first-order valence-corrected chi connectivity index (χ1v) is 7.05. The first kappa shape index (κ1) is 16.0. The van der Waals surface area contributed by atoms with Crippen LogP contribution in [0.3, 0.4) is 0 Å². The molecule has 0 saturated heterocycles. The van der Waals surface area contributed by atoms with Gasteiger partial charge >= 0.3 is 6.09 Å². The molecular weight excluding hydrogens is 242 g/mol. The van der Waals surface area contributed by atoms with E-state index in [0.29, 0.717) is 6.54 Å². The molecule has 0 aromatic rings. The van der Waals surface area contributed by atoms with E-state index in [-0.39, 0.29) is 17.8 Å². The van der Waals surface area contributed by atoms with Crippen LogP contribution in [0.5, 0.6) is 0 Å². The summed E-state index contributed by atoms with van der Waals surface area (Å²) in [5.74, 6) is 0. The molecule has 0 atom stereocenters. The van der Waals surface area contributed by atoms with E-state index in [1.54, 1.807) is 4.90 Å². The maximum absolute atomic E-state index is 11.7. The van der Waals surface area contributed by atoms with Crippen LogP contribution in [-0.2, 0) is 9.47 Å². The van der Waals surface area contributed by atoms with Gasteiger partial charge in [0.2, 0.25) is 0 Å². The van der Waals surface area contributed by atoms with Gasteiger partial charge in [-0.1, -0.05) is 11.6 Å². The van der Waals surface area contributed by atoms with Crippen molar-refractivity contribution in [2.24, 2.45) is 0 Å². The van der Waals surface area contributed by atoms with Gasteiger partial charge in [-0.15, -0.1) is 0 Å². The fourth-order valence-electron chi connectivity index (χ4n) is 1.87. The molecule has 1 heterocycles. The topological polar surface area (TPSA) is 38.8 Å². The van der Waals surface area contributed by atoms with Crippen molar-refractivity contribution < 1.29 is 14.3 Å². The number of ether oxygens (including phenoxy) is 2. The Bertz CT molecular complexity index is 329. The zero-order valence-corrected chi connectivity index (χ0v) is 12.9. The van der Waals surface area contributed by atoms with Crippen LogP contribution in [0.4, 0.5) is 4.79 Å². The largest absolute Gasteiger partial charge is 0.447 e. The standard InChI is InChI=1S/C15H27NO3/c1-12(2)19-14(17)16-9-6-13(7-10-16)8-11-18-15(3,4)5/h6,12H,7-11H2,1-5H3. The molecule has 4 nitrogen and oxygen atoms in total. The Morgan fingerprint density at radius 1 is 1.42 bits per heavy atom. The van der Waals surface area contributed by atoms with Crippen molar-refractivity contribution in [1.29, 1.82) is 0 Å². The molecule has 0 unspecified atom stereocenters. The second kappa shape index (κ2) is 6.94. The molecule has 0 saturated carbocycles. The van der Waals surface area contributed by atoms with Gasteiger partial charge in [0.1, 0.15) is 0 Å². The van der Waals surface area contributed by atoms with Crippen molar-refractivity contribution in [3.8, 4) is 0 Å². The van der Waals surface area contributed by atoms with E-state index < -0.39 is 0 Å². The van der Waals surface area contributed by atoms with Gasteiger partial charge in [0, 0.05) is 13.1 Å². The third-order valence-electron chi connectivity index (χ3n) is 2.86. The van der Waals surface area contributed by atoms with Gasteiger partial charge in [-0.25, -0.2) is 4.79 Å². The lowest BCUT2D eigenvalue weighted by Crippen LogP contribution is -2.36. The predicted octanol–water partition coefficient (Wildman–Crippen LogP) is 3.37. The van der Waals surface area contributed by atoms with Crippen molar-refractivity contribution in [2.75, 3.05) is 19.7 Å². The molecule has 1 rings (SSSR count). The summed E-state index contributed by atoms with van der Waals surface area (Å²) in [5, 5.41) is 0. The number of hydrogen-bond donors (Lipinski definition) is 0. The van der Waals surface area contributed by atoms with Crippen molar-refractivity contribution in [1.82, 2.24) is 4.90 Å². The molecule has 0 aliphatic carbocycles. The molecule has 19 heavy (non-hydrogen) atoms. The van der Waals surface area contributed by atoms with Crippen LogP contribution < -0.4 is 0 Å². The summed E-state index contributed by atoms with van der Waals surface area (Å²) in [6, 6.07) is 0. The van der Waals surface area contributed by atoms with Gasteiger partial charge < -0.3 is 14.4 Å². The van der Waals surface area contributed by atoms with E-state index >= 15 is 0 Å². The first-order valence-electron chi connectivity index (χ1n) is 7.05. The molecule has 110 valence electrons. The van der Waals surface area contributed by atoms with Crippen LogP contribution >= 0.6 is 0 Å². The van der Waals surface area contributed by atoms with Gasteiger partial charge in [0.15, 0.2) is 0 Å². The maximum atomic E-state index is 11.7. The Kier molecular flexibility index (Phi) is 5.85. The molecule has 0 N–H and O–H groups in total. The molecule has 1 aliphatic rings. The van der Waals surface area contributed by atoms with Crippen molar-refractivity contribution in [2.45, 2.75) is 59.2 Å². The summed E-state index contributed by atoms with van der Waals surface area (Å²) in [7, 11) is 0. The molecular formula is C15H27NO3. The summed E-state index contributed by atoms with van der Waals surface area (Å²) < 4.78 is 10.9. The lowest BCUT2D eigenvalue weighted by atomic mass is 10.1. The summed E-state index contributed by atoms with van der Waals surface area (Å²) in [5.41, 5.74) is 1.29. The molecule has 1 amide bonds. The van der Waals surface area contributed by atoms with Crippen molar-refractivity contribution in [3.63, 3.8) is 0 Å². The van der Waals surface area contributed by atoms with Gasteiger partial charge in [-0.2, -0.15) is 0 Å². The highest BCUT2D eigenvalue weighted by molar-refractivity contribution is 5.68. The van der Waals surface area contributed by atoms with Crippen LogP contribution in [-0.4, -0.2) is 42.4 Å². The lowest BCUT2D eigenvalue weighted by Gasteiger charge is -2.27. The minimum atomic E-state index is -0.212. The van der Waals surface area contributed by atoms with Crippen LogP contribution in [0.15, 0.2) is 11.6 Å². The quantitative estimate of drug-likeness (QED) is 0.734. The van der Waals surface area contributed by atoms with E-state index in [1.165, 1.54) is 5.57 Å². The average Bonchev–Trinajstić information content (AvgIpc) is 2.27. The molecule has 0 aromatic heterocycles. The lowest BCUT2D eigenvalue weighted by molar-refractivity contribution is -0.00142. The Morgan fingerprint density at radius 2 is 2.11 bits per heavy atom. The summed E-state index contributed by atoms with van der Waals surface area (Å²) in [6.07, 6.45) is 3.72. The highest BCUT2D eigenvalue weighted by atomic mass is 16.6. The van der Waals surface area contributed by atoms with E-state index in [1.807, 2.05) is 13.8 Å². The zero-order chi connectivity index (χ0) is 14.5. The van der Waals surface area contributed by atoms with Gasteiger partial charge in [-0.3, -0.25) is 0 Å². The van der Waals surface area contributed by atoms with Crippen LogP contribution in [0.2, 0.25) is 0 Å². The Balaban J connectivity index is 2.31. The fourth-order valence-corrected chi connectivity index (χ4v) is 1.87. The molecule has 0 radical (unpaired) electrons. The molecule has 4 heteroatoms. The molecule has 0 fully saturated rings. The summed E-state index contributed by atoms with van der Waals surface area (Å²) >= 11 is 0. The number of carbonyl (C=O) groups excluding carboxylic acids is 1. The van der Waals surface area contributed by atoms with Crippen molar-refractivity contribution >= 4 is 6.09 Å². The van der Waals surface area contributed by atoms with Crippen molar-refractivity contribution in [3.05, 3.63) is 11.6 Å². The minimum absolute atomic E-state index is 0.0573.